The van der Waals surface area contributed by atoms with Crippen LogP contribution in [0.4, 0.5) is 16.2 Å². The van der Waals surface area contributed by atoms with Crippen molar-refractivity contribution in [1.29, 1.82) is 0 Å². The van der Waals surface area contributed by atoms with Gasteiger partial charge in [-0.15, -0.1) is 0 Å². The van der Waals surface area contributed by atoms with Crippen LogP contribution in [0.3, 0.4) is 0 Å². The largest absolute Gasteiger partial charge is 0.365 e. The molecular formula is C23H32FN5. The van der Waals surface area contributed by atoms with Crippen molar-refractivity contribution >= 4 is 11.8 Å². The Bertz CT molecular complexity index is 877. The molecular weight excluding hydrogens is 365 g/mol. The van der Waals surface area contributed by atoms with Gasteiger partial charge < -0.3 is 10.6 Å². The minimum Gasteiger partial charge on any atom is -0.365 e. The van der Waals surface area contributed by atoms with Crippen LogP contribution in [0.2, 0.25) is 0 Å². The number of hydrogen-bond donors (Lipinski definition) is 2. The normalized spacial score (nSPS) is 23.6. The third kappa shape index (κ3) is 3.95. The standard InChI is InChI=1S/C23H32FN5/c1-22(2)12-16(13-23(3,4)29(22)5)26-20-18(24)14-25-21(28-20)27-19-11-10-15-8-6-7-9-17(15)19/h6-9,14,16,19H,10-13H2,1-5H3,(H2,25,26,27,28)/t19-/m0/s1. The number of hydrogen-bond acceptors (Lipinski definition) is 5. The Morgan fingerprint density at radius 1 is 1.07 bits per heavy atom. The van der Waals surface area contributed by atoms with Crippen LogP contribution < -0.4 is 10.6 Å². The Labute approximate surface area is 173 Å². The van der Waals surface area contributed by atoms with Gasteiger partial charge in [0, 0.05) is 17.1 Å². The molecule has 2 N–H and O–H groups in total. The lowest BCUT2D eigenvalue weighted by Crippen LogP contribution is -2.61. The maximum absolute atomic E-state index is 14.5. The van der Waals surface area contributed by atoms with Gasteiger partial charge in [0.05, 0.1) is 12.2 Å². The average molecular weight is 398 g/mol. The van der Waals surface area contributed by atoms with Crippen LogP contribution in [-0.2, 0) is 6.42 Å². The van der Waals surface area contributed by atoms with E-state index in [4.69, 9.17) is 0 Å². The first-order valence-corrected chi connectivity index (χ1v) is 10.5. The Morgan fingerprint density at radius 2 is 1.76 bits per heavy atom. The van der Waals surface area contributed by atoms with Gasteiger partial charge in [-0.25, -0.2) is 9.37 Å². The second kappa shape index (κ2) is 7.24. The van der Waals surface area contributed by atoms with Crippen LogP contribution in [0.1, 0.15) is 64.1 Å². The van der Waals surface area contributed by atoms with Crippen molar-refractivity contribution in [3.63, 3.8) is 0 Å². The summed E-state index contributed by atoms with van der Waals surface area (Å²) in [6, 6.07) is 8.76. The van der Waals surface area contributed by atoms with E-state index in [1.54, 1.807) is 0 Å². The summed E-state index contributed by atoms with van der Waals surface area (Å²) in [7, 11) is 2.17. The number of piperidine rings is 1. The Morgan fingerprint density at radius 3 is 2.48 bits per heavy atom. The predicted molar refractivity (Wildman–Crippen MR) is 116 cm³/mol. The highest BCUT2D eigenvalue weighted by molar-refractivity contribution is 5.45. The van der Waals surface area contributed by atoms with Gasteiger partial charge in [-0.2, -0.15) is 4.98 Å². The molecule has 0 bridgehead atoms. The van der Waals surface area contributed by atoms with E-state index in [1.807, 2.05) is 0 Å². The van der Waals surface area contributed by atoms with E-state index in [1.165, 1.54) is 17.3 Å². The van der Waals surface area contributed by atoms with Crippen molar-refractivity contribution < 1.29 is 4.39 Å². The van der Waals surface area contributed by atoms with E-state index < -0.39 is 5.82 Å². The highest BCUT2D eigenvalue weighted by atomic mass is 19.1. The molecule has 4 rings (SSSR count). The number of halogens is 1. The number of rotatable bonds is 4. The third-order valence-electron chi connectivity index (χ3n) is 6.83. The van der Waals surface area contributed by atoms with Gasteiger partial charge in [0.2, 0.25) is 5.95 Å². The summed E-state index contributed by atoms with van der Waals surface area (Å²) in [4.78, 5) is 11.1. The number of aromatic nitrogens is 2. The molecule has 1 aromatic heterocycles. The molecule has 2 aromatic rings. The lowest BCUT2D eigenvalue weighted by Gasteiger charge is -2.53. The minimum absolute atomic E-state index is 0.0254. The molecule has 1 aromatic carbocycles. The van der Waals surface area contributed by atoms with Crippen molar-refractivity contribution in [2.24, 2.45) is 0 Å². The molecule has 0 saturated carbocycles. The van der Waals surface area contributed by atoms with Crippen LogP contribution in [0.15, 0.2) is 30.5 Å². The molecule has 1 fully saturated rings. The van der Waals surface area contributed by atoms with Crippen LogP contribution in [0.5, 0.6) is 0 Å². The highest BCUT2D eigenvalue weighted by Gasteiger charge is 2.43. The number of likely N-dealkylation sites (tertiary alicyclic amines) is 1. The fourth-order valence-electron chi connectivity index (χ4n) is 5.07. The zero-order valence-corrected chi connectivity index (χ0v) is 18.1. The number of aryl methyl sites for hydroxylation is 1. The Hall–Kier alpha value is -2.21. The van der Waals surface area contributed by atoms with E-state index in [0.717, 1.165) is 25.7 Å². The van der Waals surface area contributed by atoms with Crippen molar-refractivity contribution in [1.82, 2.24) is 14.9 Å². The first kappa shape index (κ1) is 20.1. The molecule has 29 heavy (non-hydrogen) atoms. The van der Waals surface area contributed by atoms with Crippen molar-refractivity contribution in [2.45, 2.75) is 76.5 Å². The maximum Gasteiger partial charge on any atom is 0.225 e. The summed E-state index contributed by atoms with van der Waals surface area (Å²) in [6.45, 7) is 8.96. The average Bonchev–Trinajstić information content (AvgIpc) is 3.05. The minimum atomic E-state index is -0.406. The summed E-state index contributed by atoms with van der Waals surface area (Å²) < 4.78 is 14.5. The molecule has 1 aliphatic carbocycles. The Balaban J connectivity index is 1.51. The molecule has 0 spiro atoms. The topological polar surface area (TPSA) is 53.1 Å². The lowest BCUT2D eigenvalue weighted by atomic mass is 9.77. The fraction of sp³-hybridized carbons (Fsp3) is 0.565. The quantitative estimate of drug-likeness (QED) is 0.778. The van der Waals surface area contributed by atoms with Crippen LogP contribution in [0, 0.1) is 5.82 Å². The zero-order chi connectivity index (χ0) is 20.8. The maximum atomic E-state index is 14.5. The third-order valence-corrected chi connectivity index (χ3v) is 6.83. The molecule has 0 unspecified atom stereocenters. The molecule has 2 heterocycles. The number of fused-ring (bicyclic) bond motifs is 1. The second-order valence-electron chi connectivity index (χ2n) is 9.76. The Kier molecular flexibility index (Phi) is 5.01. The summed E-state index contributed by atoms with van der Waals surface area (Å²) >= 11 is 0. The number of anilines is 2. The fourth-order valence-corrected chi connectivity index (χ4v) is 5.07. The molecule has 1 aliphatic heterocycles. The van der Waals surface area contributed by atoms with Gasteiger partial charge in [0.15, 0.2) is 11.6 Å². The summed E-state index contributed by atoms with van der Waals surface area (Å²) in [6.07, 6.45) is 5.16. The van der Waals surface area contributed by atoms with E-state index in [0.29, 0.717) is 5.95 Å². The summed E-state index contributed by atoms with van der Waals surface area (Å²) in [5.74, 6) is 0.355. The van der Waals surface area contributed by atoms with Crippen molar-refractivity contribution in [3.8, 4) is 0 Å². The monoisotopic (exact) mass is 397 g/mol. The van der Waals surface area contributed by atoms with Gasteiger partial charge in [-0.3, -0.25) is 4.90 Å². The van der Waals surface area contributed by atoms with Crippen molar-refractivity contribution in [2.75, 3.05) is 17.7 Å². The van der Waals surface area contributed by atoms with Gasteiger partial charge in [0.25, 0.3) is 0 Å². The molecule has 0 amide bonds. The SMILES string of the molecule is CN1C(C)(C)CC(Nc2nc(N[C@H]3CCc4ccccc43)ncc2F)CC1(C)C. The first-order valence-electron chi connectivity index (χ1n) is 10.5. The van der Waals surface area contributed by atoms with Crippen LogP contribution >= 0.6 is 0 Å². The molecule has 156 valence electrons. The van der Waals surface area contributed by atoms with Gasteiger partial charge in [-0.05, 0) is 71.6 Å². The van der Waals surface area contributed by atoms with Gasteiger partial charge >= 0.3 is 0 Å². The lowest BCUT2D eigenvalue weighted by molar-refractivity contribution is -0.00778. The number of nitrogens with one attached hydrogen (secondary N) is 2. The van der Waals surface area contributed by atoms with E-state index in [9.17, 15) is 4.39 Å². The highest BCUT2D eigenvalue weighted by Crippen LogP contribution is 2.38. The van der Waals surface area contributed by atoms with Crippen molar-refractivity contribution in [3.05, 3.63) is 47.4 Å². The van der Waals surface area contributed by atoms with Gasteiger partial charge in [-0.1, -0.05) is 24.3 Å². The smallest absolute Gasteiger partial charge is 0.225 e. The molecule has 1 saturated heterocycles. The molecule has 5 nitrogen and oxygen atoms in total. The summed E-state index contributed by atoms with van der Waals surface area (Å²) in [5.41, 5.74) is 2.70. The molecule has 1 atom stereocenters. The second-order valence-corrected chi connectivity index (χ2v) is 9.76. The predicted octanol–water partition coefficient (Wildman–Crippen LogP) is 4.78. The van der Waals surface area contributed by atoms with Crippen LogP contribution in [-0.4, -0.2) is 39.0 Å². The molecule has 0 radical (unpaired) electrons. The summed E-state index contributed by atoms with van der Waals surface area (Å²) in [5, 5.41) is 6.78. The number of benzene rings is 1. The van der Waals surface area contributed by atoms with Gasteiger partial charge in [0.1, 0.15) is 0 Å². The van der Waals surface area contributed by atoms with E-state index in [2.05, 4.69) is 84.5 Å². The zero-order valence-electron chi connectivity index (χ0n) is 18.1. The van der Waals surface area contributed by atoms with E-state index in [-0.39, 0.29) is 29.0 Å². The van der Waals surface area contributed by atoms with Crippen LogP contribution in [0.25, 0.3) is 0 Å². The molecule has 2 aliphatic rings. The van der Waals surface area contributed by atoms with E-state index >= 15 is 0 Å². The first-order chi connectivity index (χ1) is 13.7. The molecule has 6 heteroatoms. The number of nitrogens with zero attached hydrogens (tertiary/aromatic N) is 3.